The molecule has 0 heterocycles. The fraction of sp³-hybridized carbons (Fsp3) is 0.429. The molecule has 0 aliphatic rings. The van der Waals surface area contributed by atoms with Crippen LogP contribution in [0.4, 0.5) is 5.69 Å². The highest BCUT2D eigenvalue weighted by Gasteiger charge is 2.09. The second-order valence-corrected chi connectivity index (χ2v) is 4.48. The molecule has 0 saturated carbocycles. The summed E-state index contributed by atoms with van der Waals surface area (Å²) in [6.45, 7) is 4.04. The number of amides is 1. The summed E-state index contributed by atoms with van der Waals surface area (Å²) < 4.78 is 5.06. The first-order valence-corrected chi connectivity index (χ1v) is 6.45. The molecule has 0 aliphatic carbocycles. The zero-order valence-electron chi connectivity index (χ0n) is 11.7. The van der Waals surface area contributed by atoms with E-state index in [1.54, 1.807) is 38.1 Å². The Hall–Kier alpha value is -1.92. The van der Waals surface area contributed by atoms with Crippen LogP contribution < -0.4 is 10.6 Å². The van der Waals surface area contributed by atoms with Gasteiger partial charge in [0.05, 0.1) is 24.8 Å². The molecule has 20 heavy (non-hydrogen) atoms. The Morgan fingerprint density at radius 3 is 2.45 bits per heavy atom. The zero-order chi connectivity index (χ0) is 15.0. The van der Waals surface area contributed by atoms with Gasteiger partial charge in [0.15, 0.2) is 0 Å². The van der Waals surface area contributed by atoms with E-state index in [4.69, 9.17) is 9.84 Å². The lowest BCUT2D eigenvalue weighted by Crippen LogP contribution is -2.29. The molecule has 1 aromatic rings. The first kappa shape index (κ1) is 16.1. The minimum absolute atomic E-state index is 0.0139. The van der Waals surface area contributed by atoms with Crippen molar-refractivity contribution in [3.8, 4) is 0 Å². The van der Waals surface area contributed by atoms with Crippen molar-refractivity contribution in [2.75, 3.05) is 25.0 Å². The van der Waals surface area contributed by atoms with Gasteiger partial charge in [-0.1, -0.05) is 0 Å². The summed E-state index contributed by atoms with van der Waals surface area (Å²) in [5, 5.41) is 14.0. The van der Waals surface area contributed by atoms with Gasteiger partial charge in [-0.2, -0.15) is 0 Å². The number of benzene rings is 1. The van der Waals surface area contributed by atoms with Gasteiger partial charge in [0, 0.05) is 12.2 Å². The monoisotopic (exact) mass is 280 g/mol. The summed E-state index contributed by atoms with van der Waals surface area (Å²) in [4.78, 5) is 23.1. The molecule has 110 valence electrons. The maximum absolute atomic E-state index is 11.6. The van der Waals surface area contributed by atoms with Gasteiger partial charge >= 0.3 is 5.97 Å². The minimum atomic E-state index is -0.387. The number of hydrogen-bond acceptors (Lipinski definition) is 5. The summed E-state index contributed by atoms with van der Waals surface area (Å²) in [5.74, 6) is -0.599. The molecule has 0 saturated heterocycles. The molecule has 0 bridgehead atoms. The van der Waals surface area contributed by atoms with Crippen LogP contribution in [0.5, 0.6) is 0 Å². The summed E-state index contributed by atoms with van der Waals surface area (Å²) in [6, 6.07) is 6.48. The van der Waals surface area contributed by atoms with Crippen LogP contribution in [0.1, 0.15) is 24.2 Å². The Bertz CT molecular complexity index is 443. The van der Waals surface area contributed by atoms with Gasteiger partial charge in [0.1, 0.15) is 0 Å². The van der Waals surface area contributed by atoms with Crippen LogP contribution in [0.3, 0.4) is 0 Å². The van der Waals surface area contributed by atoms with Crippen molar-refractivity contribution in [1.82, 2.24) is 5.32 Å². The summed E-state index contributed by atoms with van der Waals surface area (Å²) in [6.07, 6.45) is -0.167. The van der Waals surface area contributed by atoms with Crippen LogP contribution in [0.15, 0.2) is 24.3 Å². The fourth-order valence-electron chi connectivity index (χ4n) is 1.46. The summed E-state index contributed by atoms with van der Waals surface area (Å²) >= 11 is 0. The maximum Gasteiger partial charge on any atom is 0.338 e. The highest BCUT2D eigenvalue weighted by Crippen LogP contribution is 2.11. The molecule has 0 radical (unpaired) electrons. The van der Waals surface area contributed by atoms with E-state index in [9.17, 15) is 9.59 Å². The van der Waals surface area contributed by atoms with Gasteiger partial charge in [-0.3, -0.25) is 4.79 Å². The average molecular weight is 280 g/mol. The molecule has 0 spiro atoms. The number of carbonyl (C=O) groups is 2. The topological polar surface area (TPSA) is 87.7 Å². The van der Waals surface area contributed by atoms with Crippen LogP contribution >= 0.6 is 0 Å². The largest absolute Gasteiger partial charge is 0.459 e. The molecular weight excluding hydrogens is 260 g/mol. The minimum Gasteiger partial charge on any atom is -0.459 e. The van der Waals surface area contributed by atoms with Crippen LogP contribution in [-0.2, 0) is 9.53 Å². The highest BCUT2D eigenvalue weighted by molar-refractivity contribution is 5.94. The van der Waals surface area contributed by atoms with Crippen LogP contribution in [-0.4, -0.2) is 42.8 Å². The fourth-order valence-corrected chi connectivity index (χ4v) is 1.46. The molecule has 3 N–H and O–H groups in total. The Balaban J connectivity index is 2.50. The number of carbonyl (C=O) groups excluding carboxylic acids is 2. The Kier molecular flexibility index (Phi) is 6.69. The summed E-state index contributed by atoms with van der Waals surface area (Å²) in [5.41, 5.74) is 1.04. The Labute approximate surface area is 118 Å². The number of nitrogens with one attached hydrogen (secondary N) is 2. The van der Waals surface area contributed by atoms with E-state index in [0.29, 0.717) is 17.8 Å². The normalized spacial score (nSPS) is 10.4. The first-order valence-electron chi connectivity index (χ1n) is 6.45. The van der Waals surface area contributed by atoms with Crippen molar-refractivity contribution in [3.63, 3.8) is 0 Å². The van der Waals surface area contributed by atoms with E-state index in [-0.39, 0.29) is 31.1 Å². The second kappa shape index (κ2) is 8.29. The molecule has 1 aromatic carbocycles. The maximum atomic E-state index is 11.6. The molecular formula is C14H20N2O4. The number of hydrogen-bond donors (Lipinski definition) is 3. The number of aliphatic hydroxyl groups is 1. The second-order valence-electron chi connectivity index (χ2n) is 4.48. The van der Waals surface area contributed by atoms with Crippen molar-refractivity contribution in [3.05, 3.63) is 29.8 Å². The van der Waals surface area contributed by atoms with Gasteiger partial charge in [0.25, 0.3) is 0 Å². The number of rotatable bonds is 7. The van der Waals surface area contributed by atoms with E-state index in [2.05, 4.69) is 10.6 Å². The van der Waals surface area contributed by atoms with E-state index < -0.39 is 0 Å². The van der Waals surface area contributed by atoms with Crippen LogP contribution in [0.25, 0.3) is 0 Å². The highest BCUT2D eigenvalue weighted by atomic mass is 16.5. The predicted molar refractivity (Wildman–Crippen MR) is 75.6 cm³/mol. The van der Waals surface area contributed by atoms with Gasteiger partial charge in [-0.25, -0.2) is 4.79 Å². The van der Waals surface area contributed by atoms with Crippen LogP contribution in [0, 0.1) is 0 Å². The third-order valence-electron chi connectivity index (χ3n) is 2.32. The van der Waals surface area contributed by atoms with E-state index >= 15 is 0 Å². The molecule has 6 nitrogen and oxygen atoms in total. The molecule has 0 aliphatic heterocycles. The predicted octanol–water partition coefficient (Wildman–Crippen LogP) is 0.772. The smallest absolute Gasteiger partial charge is 0.338 e. The van der Waals surface area contributed by atoms with Crippen LogP contribution in [0.2, 0.25) is 0 Å². The molecule has 0 atom stereocenters. The molecule has 0 aromatic heterocycles. The van der Waals surface area contributed by atoms with Crippen molar-refractivity contribution < 1.29 is 19.4 Å². The zero-order valence-corrected chi connectivity index (χ0v) is 11.7. The average Bonchev–Trinajstić information content (AvgIpc) is 2.39. The van der Waals surface area contributed by atoms with Crippen molar-refractivity contribution in [2.24, 2.45) is 0 Å². The molecule has 0 unspecified atom stereocenters. The third-order valence-corrected chi connectivity index (χ3v) is 2.32. The Morgan fingerprint density at radius 2 is 1.90 bits per heavy atom. The SMILES string of the molecule is CC(C)OC(=O)c1ccc(NC(=O)CNCCO)cc1. The first-order chi connectivity index (χ1) is 9.52. The van der Waals surface area contributed by atoms with E-state index in [1.807, 2.05) is 0 Å². The molecule has 1 amide bonds. The standard InChI is InChI=1S/C14H20N2O4/c1-10(2)20-14(19)11-3-5-12(6-4-11)16-13(18)9-15-7-8-17/h3-6,10,15,17H,7-9H2,1-2H3,(H,16,18). The lowest BCUT2D eigenvalue weighted by atomic mass is 10.2. The molecule has 0 fully saturated rings. The quantitative estimate of drug-likeness (QED) is 0.507. The Morgan fingerprint density at radius 1 is 1.25 bits per heavy atom. The number of esters is 1. The van der Waals surface area contributed by atoms with Gasteiger partial charge in [-0.05, 0) is 38.1 Å². The van der Waals surface area contributed by atoms with E-state index in [1.165, 1.54) is 0 Å². The van der Waals surface area contributed by atoms with Gasteiger partial charge in [-0.15, -0.1) is 0 Å². The molecule has 1 rings (SSSR count). The summed E-state index contributed by atoms with van der Waals surface area (Å²) in [7, 11) is 0. The lowest BCUT2D eigenvalue weighted by Gasteiger charge is -2.09. The lowest BCUT2D eigenvalue weighted by molar-refractivity contribution is -0.115. The number of anilines is 1. The van der Waals surface area contributed by atoms with Crippen molar-refractivity contribution >= 4 is 17.6 Å². The van der Waals surface area contributed by atoms with Crippen molar-refractivity contribution in [2.45, 2.75) is 20.0 Å². The van der Waals surface area contributed by atoms with Gasteiger partial charge < -0.3 is 20.5 Å². The number of ether oxygens (including phenoxy) is 1. The molecule has 6 heteroatoms. The van der Waals surface area contributed by atoms with E-state index in [0.717, 1.165) is 0 Å². The van der Waals surface area contributed by atoms with Gasteiger partial charge in [0.2, 0.25) is 5.91 Å². The third kappa shape index (κ3) is 5.81. The number of aliphatic hydroxyl groups excluding tert-OH is 1. The van der Waals surface area contributed by atoms with Crippen molar-refractivity contribution in [1.29, 1.82) is 0 Å².